The van der Waals surface area contributed by atoms with Crippen LogP contribution in [0.25, 0.3) is 22.0 Å². The first-order valence-electron chi connectivity index (χ1n) is 13.0. The van der Waals surface area contributed by atoms with E-state index in [4.69, 9.17) is 9.47 Å². The van der Waals surface area contributed by atoms with Crippen LogP contribution in [0.2, 0.25) is 0 Å². The highest BCUT2D eigenvalue weighted by molar-refractivity contribution is 9.10. The molecule has 3 aromatic carbocycles. The van der Waals surface area contributed by atoms with E-state index in [1.165, 1.54) is 6.20 Å². The first-order valence-corrected chi connectivity index (χ1v) is 13.8. The molecule has 2 saturated heterocycles. The lowest BCUT2D eigenvalue weighted by molar-refractivity contribution is -0.344. The second-order valence-corrected chi connectivity index (χ2v) is 11.0. The quantitative estimate of drug-likeness (QED) is 0.242. The summed E-state index contributed by atoms with van der Waals surface area (Å²) in [5, 5.41) is 45.0. The summed E-state index contributed by atoms with van der Waals surface area (Å²) < 4.78 is 54.9. The Morgan fingerprint density at radius 1 is 1.14 bits per heavy atom. The van der Waals surface area contributed by atoms with Gasteiger partial charge in [0, 0.05) is 15.6 Å². The number of carbonyl (C=O) groups is 1. The highest BCUT2D eigenvalue weighted by Gasteiger charge is 2.62. The fraction of sp³-hybridized carbons (Fsp3) is 0.321. The number of nitrogens with zero attached hydrogens (tertiary/aromatic N) is 3. The molecule has 14 heteroatoms. The molecule has 2 aliphatic rings. The molecule has 0 aliphatic carbocycles. The number of amides is 1. The highest BCUT2D eigenvalue weighted by atomic mass is 79.9. The van der Waals surface area contributed by atoms with Crippen molar-refractivity contribution in [1.29, 1.82) is 0 Å². The third-order valence-corrected chi connectivity index (χ3v) is 8.38. The summed E-state index contributed by atoms with van der Waals surface area (Å²) in [4.78, 5) is 13.3. The number of hydrogen-bond donors (Lipinski definition) is 4. The Balaban J connectivity index is 1.30. The molecule has 2 aliphatic heterocycles. The van der Waals surface area contributed by atoms with Gasteiger partial charge < -0.3 is 30.1 Å². The van der Waals surface area contributed by atoms with Gasteiger partial charge in [-0.3, -0.25) is 4.79 Å². The van der Waals surface area contributed by atoms with E-state index in [2.05, 4.69) is 31.6 Å². The van der Waals surface area contributed by atoms with Crippen LogP contribution in [0.3, 0.4) is 0 Å². The van der Waals surface area contributed by atoms with Crippen LogP contribution in [0, 0.1) is 17.5 Å². The van der Waals surface area contributed by atoms with E-state index in [1.807, 2.05) is 18.2 Å². The number of hydrogen-bond acceptors (Lipinski definition) is 8. The van der Waals surface area contributed by atoms with Gasteiger partial charge in [0.2, 0.25) is 5.79 Å². The maximum Gasteiger partial charge on any atom is 0.251 e. The summed E-state index contributed by atoms with van der Waals surface area (Å²) in [6.45, 7) is -0.601. The van der Waals surface area contributed by atoms with Crippen molar-refractivity contribution in [3.63, 3.8) is 0 Å². The first-order chi connectivity index (χ1) is 20.1. The van der Waals surface area contributed by atoms with Crippen molar-refractivity contribution in [2.75, 3.05) is 13.2 Å². The van der Waals surface area contributed by atoms with Crippen molar-refractivity contribution in [1.82, 2.24) is 20.3 Å². The van der Waals surface area contributed by atoms with Crippen LogP contribution in [0.5, 0.6) is 0 Å². The molecule has 220 valence electrons. The molecule has 3 heterocycles. The number of fused-ring (bicyclic) bond motifs is 1. The van der Waals surface area contributed by atoms with Crippen molar-refractivity contribution >= 4 is 32.6 Å². The summed E-state index contributed by atoms with van der Waals surface area (Å²) in [6.07, 6.45) is -3.04. The van der Waals surface area contributed by atoms with E-state index in [0.29, 0.717) is 5.56 Å². The zero-order valence-electron chi connectivity index (χ0n) is 21.6. The topological polar surface area (TPSA) is 139 Å². The van der Waals surface area contributed by atoms with E-state index in [1.54, 1.807) is 18.2 Å². The second-order valence-electron chi connectivity index (χ2n) is 10.2. The fourth-order valence-electron chi connectivity index (χ4n) is 5.57. The van der Waals surface area contributed by atoms with E-state index in [-0.39, 0.29) is 24.3 Å². The second kappa shape index (κ2) is 11.0. The number of ether oxygens (including phenoxy) is 2. The summed E-state index contributed by atoms with van der Waals surface area (Å²) in [6, 6.07) is 10.0. The molecule has 1 spiro atoms. The average Bonchev–Trinajstić information content (AvgIpc) is 3.62. The minimum Gasteiger partial charge on any atom is -0.394 e. The van der Waals surface area contributed by atoms with E-state index < -0.39 is 66.1 Å². The van der Waals surface area contributed by atoms with Crippen molar-refractivity contribution in [2.45, 2.75) is 42.6 Å². The van der Waals surface area contributed by atoms with Gasteiger partial charge in [-0.25, -0.2) is 17.9 Å². The van der Waals surface area contributed by atoms with Gasteiger partial charge in [0.05, 0.1) is 25.5 Å². The molecule has 0 saturated carbocycles. The SMILES string of the molecule is O=C(N[C@@H]1CCO[C@]12O[C@H](CO)[C@H](O)[C@H](n1cc(-c3cc(F)c(F)c(F)c3)nn1)[C@H]2O)c1ccc2c(Br)cccc2c1. The van der Waals surface area contributed by atoms with Gasteiger partial charge in [0.1, 0.15) is 30.0 Å². The third-order valence-electron chi connectivity index (χ3n) is 7.69. The largest absolute Gasteiger partial charge is 0.394 e. The van der Waals surface area contributed by atoms with Crippen LogP contribution >= 0.6 is 15.9 Å². The molecule has 0 unspecified atom stereocenters. The maximum atomic E-state index is 13.8. The number of carbonyl (C=O) groups excluding carboxylic acids is 1. The molecular formula is C28H24BrF3N4O6. The number of benzene rings is 3. The molecule has 42 heavy (non-hydrogen) atoms. The monoisotopic (exact) mass is 648 g/mol. The highest BCUT2D eigenvalue weighted by Crippen LogP contribution is 2.43. The predicted octanol–water partition coefficient (Wildman–Crippen LogP) is 2.85. The van der Waals surface area contributed by atoms with E-state index in [9.17, 15) is 33.3 Å². The summed E-state index contributed by atoms with van der Waals surface area (Å²) in [7, 11) is 0. The molecule has 6 atom stereocenters. The van der Waals surface area contributed by atoms with Crippen LogP contribution < -0.4 is 5.32 Å². The van der Waals surface area contributed by atoms with Crippen LogP contribution in [0.15, 0.2) is 59.2 Å². The fourth-order valence-corrected chi connectivity index (χ4v) is 6.08. The molecule has 0 bridgehead atoms. The molecule has 1 amide bonds. The Kier molecular flexibility index (Phi) is 7.53. The molecule has 4 aromatic rings. The Bertz CT molecular complexity index is 1650. The Hall–Kier alpha value is -3.40. The van der Waals surface area contributed by atoms with Crippen molar-refractivity contribution < 1.29 is 42.8 Å². The number of aromatic nitrogens is 3. The summed E-state index contributed by atoms with van der Waals surface area (Å²) in [5.41, 5.74) is 0.142. The van der Waals surface area contributed by atoms with Gasteiger partial charge in [-0.1, -0.05) is 39.3 Å². The lowest BCUT2D eigenvalue weighted by Crippen LogP contribution is -2.69. The molecular weight excluding hydrogens is 625 g/mol. The van der Waals surface area contributed by atoms with E-state index in [0.717, 1.165) is 32.1 Å². The van der Waals surface area contributed by atoms with Gasteiger partial charge in [-0.15, -0.1) is 5.10 Å². The Morgan fingerprint density at radius 3 is 2.64 bits per heavy atom. The van der Waals surface area contributed by atoms with Crippen LogP contribution in [-0.4, -0.2) is 79.6 Å². The van der Waals surface area contributed by atoms with Crippen molar-refractivity contribution in [3.8, 4) is 11.3 Å². The van der Waals surface area contributed by atoms with Crippen molar-refractivity contribution in [2.24, 2.45) is 0 Å². The maximum absolute atomic E-state index is 13.8. The smallest absolute Gasteiger partial charge is 0.251 e. The molecule has 1 aromatic heterocycles. The van der Waals surface area contributed by atoms with Crippen LogP contribution in [0.4, 0.5) is 13.2 Å². The first kappa shape index (κ1) is 28.7. The summed E-state index contributed by atoms with van der Waals surface area (Å²) >= 11 is 3.49. The molecule has 4 N–H and O–H groups in total. The van der Waals surface area contributed by atoms with Gasteiger partial charge in [0.15, 0.2) is 17.5 Å². The lowest BCUT2D eigenvalue weighted by Gasteiger charge is -2.49. The Morgan fingerprint density at radius 2 is 1.90 bits per heavy atom. The Labute approximate surface area is 244 Å². The van der Waals surface area contributed by atoms with Crippen molar-refractivity contribution in [3.05, 3.63) is 82.2 Å². The van der Waals surface area contributed by atoms with Gasteiger partial charge >= 0.3 is 0 Å². The minimum absolute atomic E-state index is 0.0738. The van der Waals surface area contributed by atoms with Crippen LogP contribution in [-0.2, 0) is 9.47 Å². The molecule has 10 nitrogen and oxygen atoms in total. The van der Waals surface area contributed by atoms with Gasteiger partial charge in [-0.05, 0) is 47.5 Å². The number of aliphatic hydroxyl groups excluding tert-OH is 3. The third kappa shape index (κ3) is 4.77. The zero-order valence-corrected chi connectivity index (χ0v) is 23.2. The normalized spacial score (nSPS) is 27.5. The van der Waals surface area contributed by atoms with Gasteiger partial charge in [-0.2, -0.15) is 0 Å². The summed E-state index contributed by atoms with van der Waals surface area (Å²) in [5.74, 6) is -6.86. The average molecular weight is 649 g/mol. The number of halogens is 4. The zero-order chi connectivity index (χ0) is 29.8. The minimum atomic E-state index is -1.90. The number of rotatable bonds is 5. The van der Waals surface area contributed by atoms with Gasteiger partial charge in [0.25, 0.3) is 5.91 Å². The predicted molar refractivity (Wildman–Crippen MR) is 145 cm³/mol. The lowest BCUT2D eigenvalue weighted by atomic mass is 9.86. The standard InChI is InChI=1S/C28H24BrF3N4O6/c29-17-3-1-2-13-8-14(4-5-16(13)17)27(40)33-22-6-7-41-28(22)26(39)24(25(38)21(12-37)42-28)36-11-20(34-35-36)15-9-18(30)23(32)19(31)10-15/h1-5,8-11,21-22,24-26,37-39H,6-7,12H2,(H,33,40)/t21-,22-,24+,25+,26-,28+/m1/s1. The molecule has 6 rings (SSSR count). The van der Waals surface area contributed by atoms with Crippen LogP contribution in [0.1, 0.15) is 22.8 Å². The molecule has 0 radical (unpaired) electrons. The molecule has 2 fully saturated rings. The number of aliphatic hydroxyl groups is 3. The number of nitrogens with one attached hydrogen (secondary N) is 1. The van der Waals surface area contributed by atoms with E-state index >= 15 is 0 Å².